The van der Waals surface area contributed by atoms with Gasteiger partial charge in [-0.3, -0.25) is 4.21 Å². The number of rotatable bonds is 11. The molecule has 1 atom stereocenters. The van der Waals surface area contributed by atoms with Crippen molar-refractivity contribution in [1.82, 2.24) is 10.6 Å². The molecule has 2 aromatic carbocycles. The number of aliphatic imine (C=N–C) groups is 1. The summed E-state index contributed by atoms with van der Waals surface area (Å²) < 4.78 is 18.4. The summed E-state index contributed by atoms with van der Waals surface area (Å²) in [7, 11) is -0.904. The minimum Gasteiger partial charge on any atom is -0.493 e. The molecule has 1 aliphatic rings. The average molecular weight is 556 g/mol. The number of nitrogens with one attached hydrogen (secondary N) is 2. The predicted molar refractivity (Wildman–Crippen MR) is 141 cm³/mol. The van der Waals surface area contributed by atoms with E-state index in [1.54, 1.807) is 0 Å². The second-order valence-corrected chi connectivity index (χ2v) is 9.34. The molecular weight excluding hydrogens is 521 g/mol. The summed E-state index contributed by atoms with van der Waals surface area (Å²) in [4.78, 5) is 4.71. The van der Waals surface area contributed by atoms with Crippen molar-refractivity contribution in [2.75, 3.05) is 25.4 Å². The molecule has 3 rings (SSSR count). The van der Waals surface area contributed by atoms with Gasteiger partial charge in [0.25, 0.3) is 0 Å². The fourth-order valence-electron chi connectivity index (χ4n) is 3.04. The van der Waals surface area contributed by atoms with Gasteiger partial charge >= 0.3 is 0 Å². The number of halogens is 1. The zero-order valence-electron chi connectivity index (χ0n) is 18.4. The van der Waals surface area contributed by atoms with Crippen molar-refractivity contribution < 1.29 is 8.95 Å². The van der Waals surface area contributed by atoms with E-state index >= 15 is 0 Å². The number of aryl methyl sites for hydroxylation is 1. The van der Waals surface area contributed by atoms with E-state index in [4.69, 9.17) is 9.73 Å². The second-order valence-electron chi connectivity index (χ2n) is 7.76. The number of benzene rings is 2. The molecule has 31 heavy (non-hydrogen) atoms. The van der Waals surface area contributed by atoms with Gasteiger partial charge in [-0.05, 0) is 49.8 Å². The maximum atomic E-state index is 12.3. The maximum Gasteiger partial charge on any atom is 0.191 e. The second kappa shape index (κ2) is 13.7. The third kappa shape index (κ3) is 9.60. The lowest BCUT2D eigenvalue weighted by molar-refractivity contribution is 0.296. The molecule has 1 unspecified atom stereocenters. The van der Waals surface area contributed by atoms with Crippen molar-refractivity contribution in [3.63, 3.8) is 0 Å². The lowest BCUT2D eigenvalue weighted by atomic mass is 10.1. The van der Waals surface area contributed by atoms with Crippen LogP contribution in [0, 0.1) is 12.8 Å². The summed E-state index contributed by atoms with van der Waals surface area (Å²) in [6.07, 6.45) is 2.55. The molecule has 170 valence electrons. The molecular formula is C24H34IN3O2S. The Balaban J connectivity index is 0.00000341. The number of guanidine groups is 1. The van der Waals surface area contributed by atoms with Crippen LogP contribution in [-0.4, -0.2) is 35.6 Å². The molecule has 0 heterocycles. The van der Waals surface area contributed by atoms with Gasteiger partial charge in [-0.15, -0.1) is 24.0 Å². The van der Waals surface area contributed by atoms with Gasteiger partial charge in [0, 0.05) is 41.0 Å². The highest BCUT2D eigenvalue weighted by Gasteiger charge is 2.22. The summed E-state index contributed by atoms with van der Waals surface area (Å²) in [5.74, 6) is 3.56. The summed E-state index contributed by atoms with van der Waals surface area (Å²) in [6.45, 7) is 6.86. The minimum absolute atomic E-state index is 0. The highest BCUT2D eigenvalue weighted by molar-refractivity contribution is 14.0. The van der Waals surface area contributed by atoms with E-state index in [-0.39, 0.29) is 24.0 Å². The summed E-state index contributed by atoms with van der Waals surface area (Å²) >= 11 is 0. The molecule has 1 fully saturated rings. The van der Waals surface area contributed by atoms with Gasteiger partial charge in [-0.1, -0.05) is 42.5 Å². The largest absolute Gasteiger partial charge is 0.493 e. The van der Waals surface area contributed by atoms with Gasteiger partial charge in [-0.25, -0.2) is 4.99 Å². The van der Waals surface area contributed by atoms with Crippen LogP contribution < -0.4 is 15.4 Å². The van der Waals surface area contributed by atoms with Gasteiger partial charge in [0.05, 0.1) is 13.2 Å². The molecule has 0 aromatic heterocycles. The molecule has 7 heteroatoms. The van der Waals surface area contributed by atoms with Crippen LogP contribution in [0.15, 0.2) is 53.5 Å². The predicted octanol–water partition coefficient (Wildman–Crippen LogP) is 4.41. The highest BCUT2D eigenvalue weighted by atomic mass is 127. The average Bonchev–Trinajstić information content (AvgIpc) is 3.56. The third-order valence-electron chi connectivity index (χ3n) is 4.94. The van der Waals surface area contributed by atoms with Crippen LogP contribution in [0.4, 0.5) is 0 Å². The maximum absolute atomic E-state index is 12.3. The number of hydrogen-bond acceptors (Lipinski definition) is 3. The van der Waals surface area contributed by atoms with E-state index in [9.17, 15) is 4.21 Å². The van der Waals surface area contributed by atoms with Crippen LogP contribution in [0.3, 0.4) is 0 Å². The van der Waals surface area contributed by atoms with E-state index in [2.05, 4.69) is 35.8 Å². The van der Waals surface area contributed by atoms with Crippen LogP contribution >= 0.6 is 24.0 Å². The van der Waals surface area contributed by atoms with E-state index in [0.29, 0.717) is 24.6 Å². The lowest BCUT2D eigenvalue weighted by Crippen LogP contribution is -2.39. The number of nitrogens with zero attached hydrogens (tertiary/aromatic N) is 1. The summed E-state index contributed by atoms with van der Waals surface area (Å²) in [5, 5.41) is 6.57. The molecule has 0 aliphatic heterocycles. The van der Waals surface area contributed by atoms with Crippen LogP contribution in [-0.2, 0) is 23.1 Å². The van der Waals surface area contributed by atoms with Crippen LogP contribution in [0.2, 0.25) is 0 Å². The van der Waals surface area contributed by atoms with Crippen LogP contribution in [0.1, 0.15) is 36.5 Å². The lowest BCUT2D eigenvalue weighted by Gasteiger charge is -2.13. The molecule has 0 amide bonds. The van der Waals surface area contributed by atoms with Gasteiger partial charge in [0.1, 0.15) is 5.75 Å². The van der Waals surface area contributed by atoms with Gasteiger partial charge in [0.2, 0.25) is 0 Å². The first kappa shape index (κ1) is 25.6. The molecule has 0 radical (unpaired) electrons. The molecule has 0 spiro atoms. The first-order valence-electron chi connectivity index (χ1n) is 10.8. The summed E-state index contributed by atoms with van der Waals surface area (Å²) in [6, 6.07) is 16.3. The molecule has 2 N–H and O–H groups in total. The Kier molecular flexibility index (Phi) is 11.4. The Hall–Kier alpha value is -1.61. The highest BCUT2D eigenvalue weighted by Crippen LogP contribution is 2.30. The Morgan fingerprint density at radius 3 is 2.65 bits per heavy atom. The van der Waals surface area contributed by atoms with E-state index in [1.165, 1.54) is 18.4 Å². The van der Waals surface area contributed by atoms with E-state index in [0.717, 1.165) is 41.9 Å². The SMILES string of the molecule is CCNC(=NCc1ccc(C)cc1OCC1CC1)NCCS(=O)Cc1ccccc1.I. The van der Waals surface area contributed by atoms with Crippen molar-refractivity contribution >= 4 is 40.7 Å². The Morgan fingerprint density at radius 1 is 1.16 bits per heavy atom. The van der Waals surface area contributed by atoms with Crippen LogP contribution in [0.25, 0.3) is 0 Å². The van der Waals surface area contributed by atoms with E-state index in [1.807, 2.05) is 37.3 Å². The fourth-order valence-corrected chi connectivity index (χ4v) is 4.08. The number of ether oxygens (including phenoxy) is 1. The van der Waals surface area contributed by atoms with Crippen LogP contribution in [0.5, 0.6) is 5.75 Å². The molecule has 0 bridgehead atoms. The Bertz CT molecular complexity index is 857. The Morgan fingerprint density at radius 2 is 1.94 bits per heavy atom. The molecule has 0 saturated heterocycles. The summed E-state index contributed by atoms with van der Waals surface area (Å²) in [5.41, 5.74) is 3.39. The van der Waals surface area contributed by atoms with Crippen molar-refractivity contribution in [1.29, 1.82) is 0 Å². The number of hydrogen-bond donors (Lipinski definition) is 2. The zero-order valence-corrected chi connectivity index (χ0v) is 21.6. The van der Waals surface area contributed by atoms with Crippen molar-refractivity contribution in [2.24, 2.45) is 10.9 Å². The Labute approximate surface area is 205 Å². The molecule has 1 aliphatic carbocycles. The first-order chi connectivity index (χ1) is 14.6. The van der Waals surface area contributed by atoms with Crippen molar-refractivity contribution in [2.45, 2.75) is 39.0 Å². The fraction of sp³-hybridized carbons (Fsp3) is 0.458. The van der Waals surface area contributed by atoms with Crippen molar-refractivity contribution in [3.05, 3.63) is 65.2 Å². The van der Waals surface area contributed by atoms with Crippen molar-refractivity contribution in [3.8, 4) is 5.75 Å². The standard InChI is InChI=1S/C24H33N3O2S.HI/c1-3-25-24(26-13-14-30(28)18-21-7-5-4-6-8-21)27-16-22-12-9-19(2)15-23(22)29-17-20-10-11-20;/h4-9,12,15,20H,3,10-11,13-14,16-18H2,1-2H3,(H2,25,26,27);1H. The first-order valence-corrected chi connectivity index (χ1v) is 12.3. The zero-order chi connectivity index (χ0) is 21.2. The van der Waals surface area contributed by atoms with Gasteiger partial charge < -0.3 is 15.4 Å². The molecule has 2 aromatic rings. The minimum atomic E-state index is -0.904. The molecule has 5 nitrogen and oxygen atoms in total. The smallest absolute Gasteiger partial charge is 0.191 e. The third-order valence-corrected chi connectivity index (χ3v) is 6.25. The topological polar surface area (TPSA) is 62.7 Å². The van der Waals surface area contributed by atoms with E-state index < -0.39 is 10.8 Å². The normalized spacial score (nSPS) is 14.5. The van der Waals surface area contributed by atoms with Gasteiger partial charge in [0.15, 0.2) is 5.96 Å². The quantitative estimate of drug-likeness (QED) is 0.245. The molecule has 1 saturated carbocycles. The van der Waals surface area contributed by atoms with Gasteiger partial charge in [-0.2, -0.15) is 0 Å². The monoisotopic (exact) mass is 555 g/mol.